The molecular formula is C17H21F3N2O2. The number of hydrogen-bond acceptors (Lipinski definition) is 3. The van der Waals surface area contributed by atoms with Crippen LogP contribution in [-0.2, 0) is 11.2 Å². The fourth-order valence-corrected chi connectivity index (χ4v) is 2.55. The molecule has 1 heterocycles. The Morgan fingerprint density at radius 1 is 1.25 bits per heavy atom. The Kier molecular flexibility index (Phi) is 4.77. The number of amides is 1. The van der Waals surface area contributed by atoms with Crippen LogP contribution in [0.3, 0.4) is 0 Å². The van der Waals surface area contributed by atoms with Crippen molar-refractivity contribution in [3.05, 3.63) is 35.9 Å². The Bertz CT molecular complexity index is 635. The first-order chi connectivity index (χ1) is 10.9. The lowest BCUT2D eigenvalue weighted by Crippen LogP contribution is -2.55. The van der Waals surface area contributed by atoms with Crippen LogP contribution in [0.1, 0.15) is 39.2 Å². The zero-order valence-electron chi connectivity index (χ0n) is 13.9. The minimum Gasteiger partial charge on any atom is -0.368 e. The molecule has 1 N–H and O–H groups in total. The molecule has 0 bridgehead atoms. The third-order valence-corrected chi connectivity index (χ3v) is 4.22. The van der Waals surface area contributed by atoms with Crippen molar-refractivity contribution in [2.75, 3.05) is 0 Å². The van der Waals surface area contributed by atoms with E-state index in [9.17, 15) is 23.1 Å². The van der Waals surface area contributed by atoms with Crippen molar-refractivity contribution in [1.82, 2.24) is 5.01 Å². The van der Waals surface area contributed by atoms with Crippen molar-refractivity contribution < 1.29 is 23.1 Å². The van der Waals surface area contributed by atoms with Gasteiger partial charge in [-0.15, -0.1) is 0 Å². The number of carbonyl (C=O) groups excluding carboxylic acids is 1. The van der Waals surface area contributed by atoms with Crippen LogP contribution in [0, 0.1) is 5.41 Å². The first-order valence-electron chi connectivity index (χ1n) is 7.69. The third kappa shape index (κ3) is 3.61. The number of benzene rings is 1. The topological polar surface area (TPSA) is 52.9 Å². The molecule has 0 aromatic heterocycles. The summed E-state index contributed by atoms with van der Waals surface area (Å²) in [6, 6.07) is 9.14. The molecular weight excluding hydrogens is 321 g/mol. The smallest absolute Gasteiger partial charge is 0.368 e. The van der Waals surface area contributed by atoms with Gasteiger partial charge in [0.2, 0.25) is 5.91 Å². The highest BCUT2D eigenvalue weighted by Crippen LogP contribution is 2.43. The molecule has 7 heteroatoms. The van der Waals surface area contributed by atoms with Crippen LogP contribution >= 0.6 is 0 Å². The number of hydrogen-bond donors (Lipinski definition) is 1. The first-order valence-corrected chi connectivity index (χ1v) is 7.69. The second-order valence-corrected chi connectivity index (χ2v) is 6.98. The van der Waals surface area contributed by atoms with Crippen LogP contribution in [-0.4, -0.2) is 33.6 Å². The van der Waals surface area contributed by atoms with Crippen LogP contribution in [0.4, 0.5) is 13.2 Å². The van der Waals surface area contributed by atoms with E-state index < -0.39 is 35.4 Å². The standard InChI is InChI=1S/C17H21F3N2O2/c1-15(2,3)16(24)11-13(17(18,19)20)21-22(16)14(23)10-9-12-7-5-4-6-8-12/h4-8,24H,9-11H2,1-3H3/t16-/m1/s1. The number of carbonyl (C=O) groups is 1. The zero-order chi connectivity index (χ0) is 18.2. The maximum atomic E-state index is 13.0. The summed E-state index contributed by atoms with van der Waals surface area (Å²) in [5.41, 5.74) is -3.21. The number of aryl methyl sites for hydroxylation is 1. The zero-order valence-corrected chi connectivity index (χ0v) is 13.9. The Morgan fingerprint density at radius 3 is 2.33 bits per heavy atom. The number of aliphatic hydroxyl groups is 1. The maximum absolute atomic E-state index is 13.0. The van der Waals surface area contributed by atoms with E-state index in [0.29, 0.717) is 11.4 Å². The van der Waals surface area contributed by atoms with E-state index in [4.69, 9.17) is 0 Å². The molecule has 1 aromatic rings. The molecule has 0 saturated heterocycles. The highest BCUT2D eigenvalue weighted by Gasteiger charge is 2.57. The van der Waals surface area contributed by atoms with E-state index in [-0.39, 0.29) is 6.42 Å². The molecule has 0 saturated carbocycles. The normalized spacial score (nSPS) is 21.8. The Balaban J connectivity index is 2.22. The molecule has 0 radical (unpaired) electrons. The average molecular weight is 342 g/mol. The highest BCUT2D eigenvalue weighted by molar-refractivity contribution is 5.94. The summed E-state index contributed by atoms with van der Waals surface area (Å²) in [5, 5.41) is 14.8. The largest absolute Gasteiger partial charge is 0.431 e. The van der Waals surface area contributed by atoms with Crippen molar-refractivity contribution in [2.45, 2.75) is 51.9 Å². The van der Waals surface area contributed by atoms with Gasteiger partial charge < -0.3 is 5.11 Å². The quantitative estimate of drug-likeness (QED) is 0.914. The molecule has 1 amide bonds. The second kappa shape index (κ2) is 6.20. The monoisotopic (exact) mass is 342 g/mol. The molecule has 1 aliphatic heterocycles. The molecule has 132 valence electrons. The van der Waals surface area contributed by atoms with E-state index in [2.05, 4.69) is 5.10 Å². The van der Waals surface area contributed by atoms with Crippen molar-refractivity contribution >= 4 is 11.6 Å². The average Bonchev–Trinajstić information content (AvgIpc) is 2.85. The van der Waals surface area contributed by atoms with Gasteiger partial charge in [0.15, 0.2) is 5.72 Å². The van der Waals surface area contributed by atoms with Crippen LogP contribution in [0.15, 0.2) is 35.4 Å². The molecule has 1 aliphatic rings. The van der Waals surface area contributed by atoms with Gasteiger partial charge in [-0.05, 0) is 12.0 Å². The predicted octanol–water partition coefficient (Wildman–Crippen LogP) is 3.50. The Labute approximate surface area is 139 Å². The summed E-state index contributed by atoms with van der Waals surface area (Å²) in [6.07, 6.45) is -5.06. The van der Waals surface area contributed by atoms with Crippen molar-refractivity contribution in [3.63, 3.8) is 0 Å². The Hall–Kier alpha value is -1.89. The summed E-state index contributed by atoms with van der Waals surface area (Å²) < 4.78 is 39.0. The fraction of sp³-hybridized carbons (Fsp3) is 0.529. The van der Waals surface area contributed by atoms with Crippen LogP contribution in [0.5, 0.6) is 0 Å². The van der Waals surface area contributed by atoms with Crippen molar-refractivity contribution in [2.24, 2.45) is 10.5 Å². The number of rotatable bonds is 3. The molecule has 0 fully saturated rings. The molecule has 0 unspecified atom stereocenters. The van der Waals surface area contributed by atoms with Gasteiger partial charge in [-0.25, -0.2) is 5.01 Å². The SMILES string of the molecule is CC(C)(C)[C@]1(O)CC(C(F)(F)F)=NN1C(=O)CCc1ccccc1. The molecule has 24 heavy (non-hydrogen) atoms. The fourth-order valence-electron chi connectivity index (χ4n) is 2.55. The van der Waals surface area contributed by atoms with Gasteiger partial charge in [0.1, 0.15) is 5.71 Å². The van der Waals surface area contributed by atoms with Gasteiger partial charge in [0, 0.05) is 18.3 Å². The van der Waals surface area contributed by atoms with Gasteiger partial charge in [-0.1, -0.05) is 51.1 Å². The Morgan fingerprint density at radius 2 is 1.83 bits per heavy atom. The maximum Gasteiger partial charge on any atom is 0.431 e. The van der Waals surface area contributed by atoms with Gasteiger partial charge in [-0.2, -0.15) is 18.3 Å². The van der Waals surface area contributed by atoms with Gasteiger partial charge >= 0.3 is 6.18 Å². The van der Waals surface area contributed by atoms with Crippen molar-refractivity contribution in [1.29, 1.82) is 0 Å². The lowest BCUT2D eigenvalue weighted by Gasteiger charge is -2.41. The predicted molar refractivity (Wildman–Crippen MR) is 84.1 cm³/mol. The lowest BCUT2D eigenvalue weighted by molar-refractivity contribution is -0.182. The molecule has 1 atom stereocenters. The summed E-state index contributed by atoms with van der Waals surface area (Å²) in [6.45, 7) is 4.75. The van der Waals surface area contributed by atoms with E-state index in [1.807, 2.05) is 30.3 Å². The number of halogens is 3. The van der Waals surface area contributed by atoms with Crippen LogP contribution in [0.25, 0.3) is 0 Å². The van der Waals surface area contributed by atoms with Crippen LogP contribution < -0.4 is 0 Å². The molecule has 0 spiro atoms. The number of nitrogens with zero attached hydrogens (tertiary/aromatic N) is 2. The van der Waals surface area contributed by atoms with Gasteiger partial charge in [-0.3, -0.25) is 4.79 Å². The van der Waals surface area contributed by atoms with Crippen molar-refractivity contribution in [3.8, 4) is 0 Å². The second-order valence-electron chi connectivity index (χ2n) is 6.98. The third-order valence-electron chi connectivity index (χ3n) is 4.22. The molecule has 1 aromatic carbocycles. The summed E-state index contributed by atoms with van der Waals surface area (Å²) in [7, 11) is 0. The number of hydrazone groups is 1. The van der Waals surface area contributed by atoms with Crippen LogP contribution in [0.2, 0.25) is 0 Å². The summed E-state index contributed by atoms with van der Waals surface area (Å²) in [5.74, 6) is -0.629. The lowest BCUT2D eigenvalue weighted by atomic mass is 9.80. The number of alkyl halides is 3. The summed E-state index contributed by atoms with van der Waals surface area (Å²) >= 11 is 0. The molecule has 2 rings (SSSR count). The van der Waals surface area contributed by atoms with E-state index in [1.54, 1.807) is 20.8 Å². The molecule has 0 aliphatic carbocycles. The molecule has 4 nitrogen and oxygen atoms in total. The van der Waals surface area contributed by atoms with Gasteiger partial charge in [0.25, 0.3) is 0 Å². The van der Waals surface area contributed by atoms with Gasteiger partial charge in [0.05, 0.1) is 0 Å². The van der Waals surface area contributed by atoms with E-state index in [0.717, 1.165) is 5.56 Å². The van der Waals surface area contributed by atoms with E-state index >= 15 is 0 Å². The minimum absolute atomic E-state index is 0.0307. The first kappa shape index (κ1) is 18.4. The highest BCUT2D eigenvalue weighted by atomic mass is 19.4. The summed E-state index contributed by atoms with van der Waals surface area (Å²) in [4.78, 5) is 12.4. The van der Waals surface area contributed by atoms with E-state index in [1.165, 1.54) is 0 Å². The minimum atomic E-state index is -4.67.